The fraction of sp³-hybridized carbons (Fsp3) is 0.750. The third-order valence-corrected chi connectivity index (χ3v) is 2.39. The normalized spacial score (nSPS) is 16.6. The second-order valence-corrected chi connectivity index (χ2v) is 9.83. The van der Waals surface area contributed by atoms with Gasteiger partial charge in [0, 0.05) is 38.2 Å². The van der Waals surface area contributed by atoms with E-state index < -0.39 is 7.81 Å². The van der Waals surface area contributed by atoms with Gasteiger partial charge < -0.3 is 0 Å². The molecule has 1 aliphatic rings. The first-order valence-corrected chi connectivity index (χ1v) is 10.3. The van der Waals surface area contributed by atoms with E-state index in [1.807, 2.05) is 44.9 Å². The fourth-order valence-corrected chi connectivity index (χ4v) is 1.39. The van der Waals surface area contributed by atoms with Gasteiger partial charge in [0.25, 0.3) is 0 Å². The first-order chi connectivity index (χ1) is 12.3. The molecule has 0 fully saturated rings. The third-order valence-electron chi connectivity index (χ3n) is 2.39. The average molecular weight is 455 g/mol. The first kappa shape index (κ1) is 31.9. The summed E-state index contributed by atoms with van der Waals surface area (Å²) in [5.41, 5.74) is 7.21. The van der Waals surface area contributed by atoms with E-state index in [0.717, 1.165) is 0 Å². The number of hydrogen-bond acceptors (Lipinski definition) is 5. The van der Waals surface area contributed by atoms with Gasteiger partial charge in [-0.05, 0) is 20.8 Å². The summed E-state index contributed by atoms with van der Waals surface area (Å²) < 4.78 is 59.2. The third kappa shape index (κ3) is 34.2. The van der Waals surface area contributed by atoms with Crippen LogP contribution in [0.4, 0.5) is 25.2 Å². The predicted molar refractivity (Wildman–Crippen MR) is 108 cm³/mol. The Hall–Kier alpha value is -1.73. The van der Waals surface area contributed by atoms with Crippen molar-refractivity contribution < 1.29 is 25.2 Å². The molecule has 0 unspecified atom stereocenters. The number of nitrogens with zero attached hydrogens (tertiary/aromatic N) is 4. The van der Waals surface area contributed by atoms with E-state index in [1.54, 1.807) is 14.1 Å². The molecular formula is C16H34F6N6P-. The van der Waals surface area contributed by atoms with Crippen molar-refractivity contribution in [2.75, 3.05) is 28.2 Å². The van der Waals surface area contributed by atoms with Crippen molar-refractivity contribution in [3.63, 3.8) is 0 Å². The molecule has 0 aromatic heterocycles. The SMILES string of the molecule is C#CC(C)(C)C.CN1C=C(C(C)(C)C)N(C)N1.CN=NNC.F[P-](F)(F)(F)(F)F. The van der Waals surface area contributed by atoms with Crippen LogP contribution < -0.4 is 11.0 Å². The topological polar surface area (TPSA) is 55.3 Å². The Labute approximate surface area is 169 Å². The zero-order valence-corrected chi connectivity index (χ0v) is 19.6. The monoisotopic (exact) mass is 455 g/mol. The fourth-order valence-electron chi connectivity index (χ4n) is 1.39. The van der Waals surface area contributed by atoms with Crippen molar-refractivity contribution in [2.24, 2.45) is 21.2 Å². The molecule has 0 spiro atoms. The van der Waals surface area contributed by atoms with E-state index >= 15 is 0 Å². The van der Waals surface area contributed by atoms with Crippen LogP contribution in [-0.2, 0) is 0 Å². The zero-order valence-electron chi connectivity index (χ0n) is 18.7. The van der Waals surface area contributed by atoms with Crippen LogP contribution in [0.3, 0.4) is 0 Å². The molecule has 0 atom stereocenters. The quantitative estimate of drug-likeness (QED) is 0.157. The molecule has 176 valence electrons. The van der Waals surface area contributed by atoms with Gasteiger partial charge in [-0.15, -0.1) is 17.9 Å². The molecule has 0 saturated carbocycles. The summed E-state index contributed by atoms with van der Waals surface area (Å²) in [5.74, 6) is 2.60. The van der Waals surface area contributed by atoms with Gasteiger partial charge in [-0.25, -0.2) is 0 Å². The van der Waals surface area contributed by atoms with Gasteiger partial charge in [0.05, 0.1) is 12.7 Å². The number of hydrogen-bond donors (Lipinski definition) is 2. The molecule has 13 heteroatoms. The van der Waals surface area contributed by atoms with Crippen molar-refractivity contribution in [1.29, 1.82) is 0 Å². The van der Waals surface area contributed by atoms with Crippen molar-refractivity contribution >= 4 is 7.81 Å². The second kappa shape index (κ2) is 10.3. The number of halogens is 6. The molecule has 0 amide bonds. The molecule has 1 rings (SSSR count). The van der Waals surface area contributed by atoms with Gasteiger partial charge >= 0.3 is 33.0 Å². The molecular weight excluding hydrogens is 421 g/mol. The number of allylic oxidation sites excluding steroid dienone is 1. The molecule has 0 saturated heterocycles. The molecule has 0 aliphatic carbocycles. The molecule has 0 radical (unpaired) electrons. The Kier molecular flexibility index (Phi) is 11.4. The van der Waals surface area contributed by atoms with E-state index in [1.165, 1.54) is 5.70 Å². The maximum atomic E-state index is 9.87. The van der Waals surface area contributed by atoms with Crippen LogP contribution >= 0.6 is 7.81 Å². The summed E-state index contributed by atoms with van der Waals surface area (Å²) in [7, 11) is -3.32. The summed E-state index contributed by atoms with van der Waals surface area (Å²) in [4.78, 5) is 0. The minimum atomic E-state index is -10.7. The number of nitrogens with one attached hydrogen (secondary N) is 2. The average Bonchev–Trinajstić information content (AvgIpc) is 2.76. The summed E-state index contributed by atoms with van der Waals surface area (Å²) in [6.07, 6.45) is 7.17. The Morgan fingerprint density at radius 2 is 1.38 bits per heavy atom. The Morgan fingerprint density at radius 1 is 1.03 bits per heavy atom. The molecule has 1 heterocycles. The van der Waals surface area contributed by atoms with Crippen LogP contribution in [0.5, 0.6) is 0 Å². The number of rotatable bonds is 1. The predicted octanol–water partition coefficient (Wildman–Crippen LogP) is 6.42. The van der Waals surface area contributed by atoms with Crippen molar-refractivity contribution in [2.45, 2.75) is 41.5 Å². The van der Waals surface area contributed by atoms with Gasteiger partial charge in [0.1, 0.15) is 0 Å². The van der Waals surface area contributed by atoms with Gasteiger partial charge in [-0.2, -0.15) is 5.11 Å². The molecule has 0 aromatic carbocycles. The maximum absolute atomic E-state index is 10.7. The van der Waals surface area contributed by atoms with Gasteiger partial charge in [-0.3, -0.25) is 15.4 Å². The van der Waals surface area contributed by atoms with Crippen LogP contribution in [0.15, 0.2) is 22.2 Å². The summed E-state index contributed by atoms with van der Waals surface area (Å²) in [6.45, 7) is 12.6. The Balaban J connectivity index is -0.000000330. The van der Waals surface area contributed by atoms with E-state index in [0.29, 0.717) is 0 Å². The van der Waals surface area contributed by atoms with Crippen LogP contribution in [0, 0.1) is 23.2 Å². The van der Waals surface area contributed by atoms with Crippen LogP contribution in [-0.4, -0.2) is 38.2 Å². The van der Waals surface area contributed by atoms with Crippen molar-refractivity contribution in [3.05, 3.63) is 11.9 Å². The van der Waals surface area contributed by atoms with Crippen LogP contribution in [0.2, 0.25) is 0 Å². The molecule has 29 heavy (non-hydrogen) atoms. The first-order valence-electron chi connectivity index (χ1n) is 8.29. The molecule has 2 N–H and O–H groups in total. The summed E-state index contributed by atoms with van der Waals surface area (Å²) >= 11 is 0. The number of terminal acetylenes is 1. The molecule has 6 nitrogen and oxygen atoms in total. The molecule has 1 aliphatic heterocycles. The minimum absolute atomic E-state index is 0.0694. The molecule has 0 aromatic rings. The zero-order chi connectivity index (χ0) is 24.4. The Morgan fingerprint density at radius 3 is 1.45 bits per heavy atom. The van der Waals surface area contributed by atoms with E-state index in [2.05, 4.69) is 54.2 Å². The van der Waals surface area contributed by atoms with Gasteiger partial charge in [-0.1, -0.05) is 26.0 Å². The standard InChI is InChI=1S/C8H17N3.C6H10.C2H7N3.F6P/c1-8(2,3)7-6-10(4)9-11(7)5;1-5-6(2,3)4;1-3-5-4-2;1-7(2,3,4,5)6/h6,9H,1-5H3;1H,2-4H3;1-2H3,(H,3,4);/q;;;-1. The molecule has 0 bridgehead atoms. The van der Waals surface area contributed by atoms with Crippen LogP contribution in [0.25, 0.3) is 0 Å². The van der Waals surface area contributed by atoms with Crippen LogP contribution in [0.1, 0.15) is 41.5 Å². The second-order valence-electron chi connectivity index (χ2n) is 7.91. The van der Waals surface area contributed by atoms with E-state index in [9.17, 15) is 25.2 Å². The van der Waals surface area contributed by atoms with Crippen molar-refractivity contribution in [1.82, 2.24) is 21.0 Å². The van der Waals surface area contributed by atoms with E-state index in [-0.39, 0.29) is 10.8 Å². The van der Waals surface area contributed by atoms with Gasteiger partial charge in [0.2, 0.25) is 0 Å². The summed E-state index contributed by atoms with van der Waals surface area (Å²) in [6, 6.07) is 0. The van der Waals surface area contributed by atoms with Crippen molar-refractivity contribution in [3.8, 4) is 12.3 Å². The summed E-state index contributed by atoms with van der Waals surface area (Å²) in [5, 5.41) is 10.7. The van der Waals surface area contributed by atoms with Gasteiger partial charge in [0.15, 0.2) is 0 Å². The number of hydrazine groups is 2. The Bertz CT molecular complexity index is 570. The van der Waals surface area contributed by atoms with E-state index in [4.69, 9.17) is 6.42 Å².